The highest BCUT2D eigenvalue weighted by molar-refractivity contribution is 7.89. The van der Waals surface area contributed by atoms with Gasteiger partial charge in [0, 0.05) is 58.4 Å². The van der Waals surface area contributed by atoms with Gasteiger partial charge < -0.3 is 14.7 Å². The van der Waals surface area contributed by atoms with Crippen molar-refractivity contribution >= 4 is 21.7 Å². The zero-order valence-electron chi connectivity index (χ0n) is 17.2. The van der Waals surface area contributed by atoms with E-state index in [9.17, 15) is 8.42 Å². The minimum absolute atomic E-state index is 0.297. The Hall–Kier alpha value is -2.24. The summed E-state index contributed by atoms with van der Waals surface area (Å²) in [5, 5.41) is 6.80. The molecule has 0 spiro atoms. The minimum atomic E-state index is -3.55. The number of likely N-dealkylation sites (N-methyl/N-ethyl adjacent to an activating group) is 1. The van der Waals surface area contributed by atoms with E-state index in [1.54, 1.807) is 20.2 Å². The minimum Gasteiger partial charge on any atom is -0.354 e. The van der Waals surface area contributed by atoms with Gasteiger partial charge in [-0.1, -0.05) is 0 Å². The normalized spacial score (nSPS) is 19.7. The number of nitrogens with one attached hydrogen (secondary N) is 1. The van der Waals surface area contributed by atoms with E-state index >= 15 is 0 Å². The second kappa shape index (κ2) is 7.88. The number of hydrogen-bond donors (Lipinski definition) is 1. The van der Waals surface area contributed by atoms with Crippen molar-refractivity contribution in [1.29, 1.82) is 0 Å². The molecule has 0 atom stereocenters. The number of aryl methyl sites for hydroxylation is 2. The molecule has 11 heteroatoms. The number of H-pyrrole nitrogens is 1. The van der Waals surface area contributed by atoms with Crippen LogP contribution in [0.2, 0.25) is 0 Å². The van der Waals surface area contributed by atoms with Gasteiger partial charge in [-0.05, 0) is 20.9 Å². The summed E-state index contributed by atoms with van der Waals surface area (Å²) in [5.74, 6) is 1.78. The van der Waals surface area contributed by atoms with Crippen LogP contribution in [0.3, 0.4) is 0 Å². The number of anilines is 2. The highest BCUT2D eigenvalue weighted by Crippen LogP contribution is 2.25. The number of rotatable bonds is 4. The van der Waals surface area contributed by atoms with E-state index in [-0.39, 0.29) is 0 Å². The van der Waals surface area contributed by atoms with Gasteiger partial charge in [0.2, 0.25) is 10.0 Å². The Morgan fingerprint density at radius 1 is 0.897 bits per heavy atom. The molecular formula is C18H28N8O2S. The van der Waals surface area contributed by atoms with E-state index in [0.29, 0.717) is 42.5 Å². The van der Waals surface area contributed by atoms with E-state index in [1.165, 1.54) is 4.31 Å². The Bertz CT molecular complexity index is 940. The molecule has 2 saturated heterocycles. The quantitative estimate of drug-likeness (QED) is 0.742. The molecule has 0 amide bonds. The predicted octanol–water partition coefficient (Wildman–Crippen LogP) is 0.0792. The summed E-state index contributed by atoms with van der Waals surface area (Å²) in [7, 11) is -1.42. The van der Waals surface area contributed by atoms with Crippen LogP contribution in [-0.4, -0.2) is 97.2 Å². The molecule has 4 rings (SSSR count). The molecule has 29 heavy (non-hydrogen) atoms. The molecule has 0 saturated carbocycles. The van der Waals surface area contributed by atoms with Gasteiger partial charge in [-0.3, -0.25) is 5.10 Å². The van der Waals surface area contributed by atoms with Crippen molar-refractivity contribution in [1.82, 2.24) is 29.4 Å². The van der Waals surface area contributed by atoms with Crippen molar-refractivity contribution in [3.8, 4) is 0 Å². The van der Waals surface area contributed by atoms with Crippen molar-refractivity contribution in [2.75, 3.05) is 69.2 Å². The zero-order chi connectivity index (χ0) is 20.6. The summed E-state index contributed by atoms with van der Waals surface area (Å²) < 4.78 is 27.6. The first-order chi connectivity index (χ1) is 13.9. The predicted molar refractivity (Wildman–Crippen MR) is 111 cm³/mol. The maximum absolute atomic E-state index is 13.0. The number of nitrogens with zero attached hydrogens (tertiary/aromatic N) is 7. The van der Waals surface area contributed by atoms with Crippen LogP contribution in [0.1, 0.15) is 11.4 Å². The lowest BCUT2D eigenvalue weighted by atomic mass is 10.3. The van der Waals surface area contributed by atoms with Gasteiger partial charge in [-0.25, -0.2) is 18.4 Å². The van der Waals surface area contributed by atoms with Crippen molar-refractivity contribution in [3.63, 3.8) is 0 Å². The van der Waals surface area contributed by atoms with Gasteiger partial charge in [0.05, 0.1) is 11.4 Å². The molecule has 0 bridgehead atoms. The summed E-state index contributed by atoms with van der Waals surface area (Å²) in [4.78, 5) is 15.9. The van der Waals surface area contributed by atoms with E-state index in [0.717, 1.165) is 37.8 Å². The maximum atomic E-state index is 13.0. The third kappa shape index (κ3) is 3.94. The molecule has 2 aliphatic heterocycles. The van der Waals surface area contributed by atoms with Gasteiger partial charge in [0.1, 0.15) is 22.9 Å². The molecule has 2 fully saturated rings. The first-order valence-electron chi connectivity index (χ1n) is 9.88. The summed E-state index contributed by atoms with van der Waals surface area (Å²) in [6, 6.07) is 2.01. The molecule has 158 valence electrons. The molecule has 0 unspecified atom stereocenters. The monoisotopic (exact) mass is 420 g/mol. The molecule has 0 aromatic carbocycles. The Kier molecular flexibility index (Phi) is 5.45. The highest BCUT2D eigenvalue weighted by Gasteiger charge is 2.32. The number of piperazine rings is 2. The lowest BCUT2D eigenvalue weighted by Crippen LogP contribution is -2.49. The topological polar surface area (TPSA) is 102 Å². The number of hydrogen-bond acceptors (Lipinski definition) is 8. The Labute approximate surface area is 171 Å². The van der Waals surface area contributed by atoms with E-state index < -0.39 is 10.0 Å². The van der Waals surface area contributed by atoms with Gasteiger partial charge in [-0.2, -0.15) is 9.40 Å². The lowest BCUT2D eigenvalue weighted by molar-refractivity contribution is 0.312. The molecule has 2 aliphatic rings. The molecule has 0 radical (unpaired) electrons. The highest BCUT2D eigenvalue weighted by atomic mass is 32.2. The second-order valence-corrected chi connectivity index (χ2v) is 9.55. The van der Waals surface area contributed by atoms with Gasteiger partial charge >= 0.3 is 0 Å². The van der Waals surface area contributed by atoms with Crippen LogP contribution in [-0.2, 0) is 10.0 Å². The van der Waals surface area contributed by atoms with Crippen LogP contribution in [0.5, 0.6) is 0 Å². The Morgan fingerprint density at radius 3 is 1.97 bits per heavy atom. The number of aromatic nitrogens is 4. The van der Waals surface area contributed by atoms with Crippen molar-refractivity contribution in [3.05, 3.63) is 23.8 Å². The third-order valence-electron chi connectivity index (χ3n) is 5.69. The molecule has 1 N–H and O–H groups in total. The SMILES string of the molecule is Cc1n[nH]c(C)c1S(=O)(=O)N1CCN(c2cc(N3CCN(C)CC3)ncn2)CC1. The molecular weight excluding hydrogens is 392 g/mol. The van der Waals surface area contributed by atoms with E-state index in [4.69, 9.17) is 0 Å². The van der Waals surface area contributed by atoms with Crippen LogP contribution in [0.15, 0.2) is 17.3 Å². The van der Waals surface area contributed by atoms with Crippen molar-refractivity contribution in [2.45, 2.75) is 18.7 Å². The van der Waals surface area contributed by atoms with Gasteiger partial charge in [0.15, 0.2) is 0 Å². The first-order valence-corrected chi connectivity index (χ1v) is 11.3. The number of aromatic amines is 1. The fourth-order valence-electron chi connectivity index (χ4n) is 3.93. The van der Waals surface area contributed by atoms with Crippen LogP contribution in [0, 0.1) is 13.8 Å². The van der Waals surface area contributed by atoms with Gasteiger partial charge in [0.25, 0.3) is 0 Å². The smallest absolute Gasteiger partial charge is 0.246 e. The average molecular weight is 421 g/mol. The summed E-state index contributed by atoms with van der Waals surface area (Å²) in [6.07, 6.45) is 1.60. The van der Waals surface area contributed by atoms with Gasteiger partial charge in [-0.15, -0.1) is 0 Å². The fourth-order valence-corrected chi connectivity index (χ4v) is 5.68. The molecule has 10 nitrogen and oxygen atoms in total. The third-order valence-corrected chi connectivity index (χ3v) is 7.85. The maximum Gasteiger partial charge on any atom is 0.246 e. The Balaban J connectivity index is 1.44. The second-order valence-electron chi connectivity index (χ2n) is 7.68. The summed E-state index contributed by atoms with van der Waals surface area (Å²) in [6.45, 7) is 9.40. The summed E-state index contributed by atoms with van der Waals surface area (Å²) >= 11 is 0. The fraction of sp³-hybridized carbons (Fsp3) is 0.611. The lowest BCUT2D eigenvalue weighted by Gasteiger charge is -2.36. The van der Waals surface area contributed by atoms with Crippen molar-refractivity contribution in [2.24, 2.45) is 0 Å². The van der Waals surface area contributed by atoms with E-state index in [2.05, 4.69) is 41.9 Å². The van der Waals surface area contributed by atoms with Crippen LogP contribution in [0.4, 0.5) is 11.6 Å². The van der Waals surface area contributed by atoms with Crippen LogP contribution >= 0.6 is 0 Å². The average Bonchev–Trinajstić information content (AvgIpc) is 3.07. The largest absolute Gasteiger partial charge is 0.354 e. The van der Waals surface area contributed by atoms with E-state index in [1.807, 2.05) is 6.07 Å². The zero-order valence-corrected chi connectivity index (χ0v) is 18.0. The first kappa shape index (κ1) is 20.0. The molecule has 4 heterocycles. The standard InChI is InChI=1S/C18H28N8O2S/c1-14-18(15(2)22-21-14)29(27,28)26-10-8-25(9-11-26)17-12-16(19-13-20-17)24-6-4-23(3)5-7-24/h12-13H,4-11H2,1-3H3,(H,21,22). The van der Waals surface area contributed by atoms with Crippen LogP contribution in [0.25, 0.3) is 0 Å². The van der Waals surface area contributed by atoms with Crippen molar-refractivity contribution < 1.29 is 8.42 Å². The molecule has 0 aliphatic carbocycles. The molecule has 2 aromatic heterocycles. The summed E-state index contributed by atoms with van der Waals surface area (Å²) in [5.41, 5.74) is 1.09. The van der Waals surface area contributed by atoms with Crippen LogP contribution < -0.4 is 9.80 Å². The molecule has 2 aromatic rings. The Morgan fingerprint density at radius 2 is 1.45 bits per heavy atom. The number of sulfonamides is 1.